The van der Waals surface area contributed by atoms with Crippen molar-refractivity contribution in [3.8, 4) is 5.75 Å². The second-order valence-electron chi connectivity index (χ2n) is 3.62. The van der Waals surface area contributed by atoms with Gasteiger partial charge in [0.15, 0.2) is 6.61 Å². The number of benzene rings is 1. The van der Waals surface area contributed by atoms with Gasteiger partial charge in [-0.2, -0.15) is 0 Å². The van der Waals surface area contributed by atoms with Crippen LogP contribution in [0.4, 0.5) is 0 Å². The number of hydrogen-bond donors (Lipinski definition) is 0. The quantitative estimate of drug-likeness (QED) is 0.615. The molecule has 0 bridgehead atoms. The number of ether oxygens (including phenoxy) is 1. The molecule has 0 saturated heterocycles. The molecule has 1 aromatic heterocycles. The number of thiophene rings is 1. The molecule has 2 rings (SSSR count). The van der Waals surface area contributed by atoms with Crippen molar-refractivity contribution in [2.24, 2.45) is 0 Å². The highest BCUT2D eigenvalue weighted by Gasteiger charge is 2.11. The van der Waals surface area contributed by atoms with Gasteiger partial charge in [0.1, 0.15) is 12.0 Å². The summed E-state index contributed by atoms with van der Waals surface area (Å²) in [7, 11) is 0. The molecule has 0 unspecified atom stereocenters. The van der Waals surface area contributed by atoms with Crippen molar-refractivity contribution in [2.45, 2.75) is 0 Å². The van der Waals surface area contributed by atoms with Crippen LogP contribution in [0.2, 0.25) is 9.36 Å². The van der Waals surface area contributed by atoms with Crippen LogP contribution in [0.15, 0.2) is 30.3 Å². The zero-order valence-corrected chi connectivity index (χ0v) is 11.9. The van der Waals surface area contributed by atoms with Crippen molar-refractivity contribution >= 4 is 46.6 Å². The van der Waals surface area contributed by atoms with Crippen molar-refractivity contribution in [3.05, 3.63) is 50.1 Å². The maximum atomic E-state index is 11.8. The van der Waals surface area contributed by atoms with Gasteiger partial charge in [0, 0.05) is 5.56 Å². The Morgan fingerprint density at radius 1 is 1.26 bits per heavy atom. The van der Waals surface area contributed by atoms with Crippen LogP contribution in [0.25, 0.3) is 0 Å². The predicted octanol–water partition coefficient (Wildman–Crippen LogP) is 4.13. The van der Waals surface area contributed by atoms with Crippen LogP contribution >= 0.6 is 34.5 Å². The summed E-state index contributed by atoms with van der Waals surface area (Å²) in [6.07, 6.45) is 0.689. The molecule has 0 fully saturated rings. The molecule has 6 heteroatoms. The fourth-order valence-corrected chi connectivity index (χ4v) is 2.60. The van der Waals surface area contributed by atoms with Gasteiger partial charge in [-0.1, -0.05) is 23.2 Å². The molecule has 1 heterocycles. The zero-order valence-electron chi connectivity index (χ0n) is 9.56. The lowest BCUT2D eigenvalue weighted by Gasteiger charge is -2.06. The molecule has 0 radical (unpaired) electrons. The molecule has 1 aromatic carbocycles. The smallest absolute Gasteiger partial charge is 0.210 e. The van der Waals surface area contributed by atoms with E-state index in [-0.39, 0.29) is 12.4 Å². The average molecular weight is 315 g/mol. The Morgan fingerprint density at radius 2 is 2.05 bits per heavy atom. The Hall–Kier alpha value is -1.36. The van der Waals surface area contributed by atoms with Gasteiger partial charge in [-0.25, -0.2) is 0 Å². The van der Waals surface area contributed by atoms with Gasteiger partial charge >= 0.3 is 0 Å². The summed E-state index contributed by atoms with van der Waals surface area (Å²) in [5.41, 5.74) is 0.453. The molecule has 0 amide bonds. The lowest BCUT2D eigenvalue weighted by atomic mass is 10.2. The van der Waals surface area contributed by atoms with Crippen LogP contribution in [0.5, 0.6) is 5.75 Å². The summed E-state index contributed by atoms with van der Waals surface area (Å²) in [6.45, 7) is -0.128. The molecular weight excluding hydrogens is 307 g/mol. The van der Waals surface area contributed by atoms with E-state index in [1.807, 2.05) is 0 Å². The second-order valence-corrected chi connectivity index (χ2v) is 5.75. The molecule has 0 spiro atoms. The third kappa shape index (κ3) is 3.56. The zero-order chi connectivity index (χ0) is 13.8. The summed E-state index contributed by atoms with van der Waals surface area (Å²) in [5, 5.41) is 0.293. The Balaban J connectivity index is 2.02. The molecular formula is C13H8Cl2O3S. The number of aldehydes is 1. The van der Waals surface area contributed by atoms with Gasteiger partial charge in [0.05, 0.1) is 14.2 Å². The molecule has 0 N–H and O–H groups in total. The summed E-state index contributed by atoms with van der Waals surface area (Å²) in [5.74, 6) is 0.190. The van der Waals surface area contributed by atoms with E-state index in [1.54, 1.807) is 24.3 Å². The predicted molar refractivity (Wildman–Crippen MR) is 76.0 cm³/mol. The fourth-order valence-electron chi connectivity index (χ4n) is 1.39. The summed E-state index contributed by atoms with van der Waals surface area (Å²) in [6, 6.07) is 7.92. The standard InChI is InChI=1S/C13H8Cl2O3S/c14-9-5-8(6-16)1-2-11(9)18-7-10(17)12-3-4-13(15)19-12/h1-6H,7H2. The highest BCUT2D eigenvalue weighted by atomic mass is 35.5. The van der Waals surface area contributed by atoms with E-state index in [1.165, 1.54) is 17.4 Å². The number of rotatable bonds is 5. The van der Waals surface area contributed by atoms with E-state index in [0.29, 0.717) is 31.8 Å². The highest BCUT2D eigenvalue weighted by molar-refractivity contribution is 7.18. The van der Waals surface area contributed by atoms with E-state index in [9.17, 15) is 9.59 Å². The SMILES string of the molecule is O=Cc1ccc(OCC(=O)c2ccc(Cl)s2)c(Cl)c1. The maximum Gasteiger partial charge on any atom is 0.210 e. The van der Waals surface area contributed by atoms with Gasteiger partial charge in [-0.05, 0) is 30.3 Å². The largest absolute Gasteiger partial charge is 0.484 e. The first-order chi connectivity index (χ1) is 9.10. The van der Waals surface area contributed by atoms with Crippen LogP contribution in [0, 0.1) is 0 Å². The minimum Gasteiger partial charge on any atom is -0.484 e. The van der Waals surface area contributed by atoms with E-state index >= 15 is 0 Å². The van der Waals surface area contributed by atoms with Gasteiger partial charge in [0.25, 0.3) is 0 Å². The highest BCUT2D eigenvalue weighted by Crippen LogP contribution is 2.26. The minimum atomic E-state index is -0.174. The topological polar surface area (TPSA) is 43.4 Å². The first-order valence-electron chi connectivity index (χ1n) is 5.26. The van der Waals surface area contributed by atoms with Gasteiger partial charge in [-0.15, -0.1) is 11.3 Å². The number of halogens is 2. The molecule has 19 heavy (non-hydrogen) atoms. The van der Waals surface area contributed by atoms with E-state index in [4.69, 9.17) is 27.9 Å². The van der Waals surface area contributed by atoms with Crippen molar-refractivity contribution < 1.29 is 14.3 Å². The van der Waals surface area contributed by atoms with Gasteiger partial charge in [0.2, 0.25) is 5.78 Å². The molecule has 98 valence electrons. The first-order valence-corrected chi connectivity index (χ1v) is 6.83. The number of carbonyl (C=O) groups excluding carboxylic acids is 2. The minimum absolute atomic E-state index is 0.128. The van der Waals surface area contributed by atoms with Crippen LogP contribution in [0.1, 0.15) is 20.0 Å². The van der Waals surface area contributed by atoms with Gasteiger partial charge in [-0.3, -0.25) is 9.59 Å². The lowest BCUT2D eigenvalue weighted by molar-refractivity contribution is 0.0925. The first kappa shape index (κ1) is 14.1. The monoisotopic (exact) mass is 314 g/mol. The maximum absolute atomic E-state index is 11.8. The molecule has 0 aliphatic heterocycles. The molecule has 0 aliphatic rings. The van der Waals surface area contributed by atoms with E-state index in [0.717, 1.165) is 0 Å². The number of carbonyl (C=O) groups is 2. The molecule has 3 nitrogen and oxygen atoms in total. The van der Waals surface area contributed by atoms with Crippen LogP contribution in [0.3, 0.4) is 0 Å². The number of hydrogen-bond acceptors (Lipinski definition) is 4. The van der Waals surface area contributed by atoms with Crippen LogP contribution < -0.4 is 4.74 Å². The van der Waals surface area contributed by atoms with Crippen LogP contribution in [-0.2, 0) is 0 Å². The van der Waals surface area contributed by atoms with E-state index < -0.39 is 0 Å². The van der Waals surface area contributed by atoms with Crippen molar-refractivity contribution in [1.82, 2.24) is 0 Å². The van der Waals surface area contributed by atoms with Crippen LogP contribution in [-0.4, -0.2) is 18.7 Å². The number of ketones is 1. The average Bonchev–Trinajstić information content (AvgIpc) is 2.83. The Bertz CT molecular complexity index is 622. The summed E-state index contributed by atoms with van der Waals surface area (Å²) in [4.78, 5) is 22.9. The van der Waals surface area contributed by atoms with Gasteiger partial charge < -0.3 is 4.74 Å². The molecule has 0 atom stereocenters. The van der Waals surface area contributed by atoms with Crippen molar-refractivity contribution in [1.29, 1.82) is 0 Å². The molecule has 2 aromatic rings. The summed E-state index contributed by atoms with van der Waals surface area (Å²) >= 11 is 12.9. The lowest BCUT2D eigenvalue weighted by Crippen LogP contribution is -2.10. The van der Waals surface area contributed by atoms with Crippen molar-refractivity contribution in [3.63, 3.8) is 0 Å². The summed E-state index contributed by atoms with van der Waals surface area (Å²) < 4.78 is 5.88. The third-order valence-corrected chi connectivity index (χ3v) is 3.87. The Labute approximate surface area is 123 Å². The number of Topliss-reactive ketones (excluding diaryl/α,β-unsaturated/α-hetero) is 1. The van der Waals surface area contributed by atoms with Crippen molar-refractivity contribution in [2.75, 3.05) is 6.61 Å². The third-order valence-electron chi connectivity index (χ3n) is 2.30. The van der Waals surface area contributed by atoms with E-state index in [2.05, 4.69) is 0 Å². The second kappa shape index (κ2) is 6.19. The fraction of sp³-hybridized carbons (Fsp3) is 0.0769. The normalized spacial score (nSPS) is 10.2. The molecule has 0 aliphatic carbocycles. The Kier molecular flexibility index (Phi) is 4.58. The molecule has 0 saturated carbocycles. The Morgan fingerprint density at radius 3 is 2.63 bits per heavy atom.